The summed E-state index contributed by atoms with van der Waals surface area (Å²) < 4.78 is 1.82. The minimum absolute atomic E-state index is 0.257. The fourth-order valence-electron chi connectivity index (χ4n) is 3.01. The number of nitrogens with zero attached hydrogens (tertiary/aromatic N) is 3. The van der Waals surface area contributed by atoms with Gasteiger partial charge in [-0.1, -0.05) is 6.07 Å². The SMILES string of the molecule is CCN1C[C@@H](CO)Cc2cc(-c3cnn(C)c3)ccc21. The van der Waals surface area contributed by atoms with Crippen LogP contribution >= 0.6 is 0 Å². The van der Waals surface area contributed by atoms with Gasteiger partial charge in [-0.2, -0.15) is 5.10 Å². The van der Waals surface area contributed by atoms with Crippen LogP contribution in [0.3, 0.4) is 0 Å². The topological polar surface area (TPSA) is 41.3 Å². The zero-order valence-electron chi connectivity index (χ0n) is 12.1. The summed E-state index contributed by atoms with van der Waals surface area (Å²) in [4.78, 5) is 2.35. The van der Waals surface area contributed by atoms with Crippen molar-refractivity contribution in [3.8, 4) is 11.1 Å². The monoisotopic (exact) mass is 271 g/mol. The maximum atomic E-state index is 9.48. The highest BCUT2D eigenvalue weighted by atomic mass is 16.3. The molecule has 0 amide bonds. The second-order valence-electron chi connectivity index (χ2n) is 5.54. The van der Waals surface area contributed by atoms with E-state index >= 15 is 0 Å². The molecule has 1 aromatic heterocycles. The highest BCUT2D eigenvalue weighted by Crippen LogP contribution is 2.33. The first-order valence-corrected chi connectivity index (χ1v) is 7.19. The van der Waals surface area contributed by atoms with Crippen LogP contribution in [-0.2, 0) is 13.5 Å². The van der Waals surface area contributed by atoms with E-state index in [0.717, 1.165) is 25.1 Å². The maximum Gasteiger partial charge on any atom is 0.0568 e. The number of aromatic nitrogens is 2. The third-order valence-corrected chi connectivity index (χ3v) is 4.09. The number of aliphatic hydroxyl groups is 1. The Balaban J connectivity index is 1.99. The molecule has 2 heterocycles. The van der Waals surface area contributed by atoms with Crippen molar-refractivity contribution in [2.24, 2.45) is 13.0 Å². The van der Waals surface area contributed by atoms with Gasteiger partial charge >= 0.3 is 0 Å². The normalized spacial score (nSPS) is 18.1. The molecule has 20 heavy (non-hydrogen) atoms. The van der Waals surface area contributed by atoms with Crippen molar-refractivity contribution in [2.75, 3.05) is 24.6 Å². The van der Waals surface area contributed by atoms with Crippen molar-refractivity contribution in [1.82, 2.24) is 9.78 Å². The molecule has 1 N–H and O–H groups in total. The first-order valence-electron chi connectivity index (χ1n) is 7.19. The molecule has 0 radical (unpaired) electrons. The Morgan fingerprint density at radius 3 is 2.85 bits per heavy atom. The van der Waals surface area contributed by atoms with Gasteiger partial charge in [0.05, 0.1) is 6.20 Å². The summed E-state index contributed by atoms with van der Waals surface area (Å²) in [7, 11) is 1.93. The smallest absolute Gasteiger partial charge is 0.0568 e. The third-order valence-electron chi connectivity index (χ3n) is 4.09. The molecule has 0 spiro atoms. The summed E-state index contributed by atoms with van der Waals surface area (Å²) in [5.41, 5.74) is 4.99. The molecule has 106 valence electrons. The average molecular weight is 271 g/mol. The fourth-order valence-corrected chi connectivity index (χ4v) is 3.01. The van der Waals surface area contributed by atoms with Crippen LogP contribution in [0.4, 0.5) is 5.69 Å². The van der Waals surface area contributed by atoms with Crippen LogP contribution in [0.5, 0.6) is 0 Å². The number of aliphatic hydroxyl groups excluding tert-OH is 1. The number of hydrogen-bond acceptors (Lipinski definition) is 3. The summed E-state index contributed by atoms with van der Waals surface area (Å²) in [6.07, 6.45) is 4.88. The molecule has 0 bridgehead atoms. The number of fused-ring (bicyclic) bond motifs is 1. The minimum atomic E-state index is 0.257. The van der Waals surface area contributed by atoms with E-state index < -0.39 is 0 Å². The molecular formula is C16H21N3O. The van der Waals surface area contributed by atoms with Crippen LogP contribution in [0.1, 0.15) is 12.5 Å². The van der Waals surface area contributed by atoms with Gasteiger partial charge in [0, 0.05) is 50.1 Å². The summed E-state index contributed by atoms with van der Waals surface area (Å²) in [6.45, 7) is 4.35. The number of aryl methyl sites for hydroxylation is 1. The quantitative estimate of drug-likeness (QED) is 0.929. The molecule has 4 nitrogen and oxygen atoms in total. The Morgan fingerprint density at radius 2 is 2.20 bits per heavy atom. The van der Waals surface area contributed by atoms with Crippen molar-refractivity contribution >= 4 is 5.69 Å². The predicted molar refractivity (Wildman–Crippen MR) is 80.8 cm³/mol. The molecule has 3 rings (SSSR count). The van der Waals surface area contributed by atoms with E-state index in [4.69, 9.17) is 0 Å². The van der Waals surface area contributed by atoms with Crippen molar-refractivity contribution in [3.63, 3.8) is 0 Å². The Labute approximate surface area is 119 Å². The van der Waals surface area contributed by atoms with E-state index in [0.29, 0.717) is 5.92 Å². The van der Waals surface area contributed by atoms with Crippen LogP contribution in [0.25, 0.3) is 11.1 Å². The first-order chi connectivity index (χ1) is 9.71. The van der Waals surface area contributed by atoms with E-state index in [2.05, 4.69) is 35.1 Å². The molecule has 1 aromatic carbocycles. The molecule has 0 fully saturated rings. The zero-order chi connectivity index (χ0) is 14.1. The first kappa shape index (κ1) is 13.2. The van der Waals surface area contributed by atoms with Gasteiger partial charge < -0.3 is 10.0 Å². The van der Waals surface area contributed by atoms with Crippen LogP contribution in [0, 0.1) is 5.92 Å². The summed E-state index contributed by atoms with van der Waals surface area (Å²) in [6, 6.07) is 6.61. The predicted octanol–water partition coefficient (Wildman–Crippen LogP) is 2.08. The molecule has 0 unspecified atom stereocenters. The van der Waals surface area contributed by atoms with E-state index in [1.165, 1.54) is 16.8 Å². The molecular weight excluding hydrogens is 250 g/mol. The number of rotatable bonds is 3. The van der Waals surface area contributed by atoms with E-state index in [9.17, 15) is 5.11 Å². The van der Waals surface area contributed by atoms with E-state index in [-0.39, 0.29) is 6.61 Å². The second-order valence-corrected chi connectivity index (χ2v) is 5.54. The minimum Gasteiger partial charge on any atom is -0.396 e. The van der Waals surface area contributed by atoms with Crippen LogP contribution in [0.2, 0.25) is 0 Å². The maximum absolute atomic E-state index is 9.48. The van der Waals surface area contributed by atoms with E-state index in [1.54, 1.807) is 0 Å². The van der Waals surface area contributed by atoms with Gasteiger partial charge in [0.1, 0.15) is 0 Å². The van der Waals surface area contributed by atoms with Gasteiger partial charge in [0.25, 0.3) is 0 Å². The van der Waals surface area contributed by atoms with Crippen molar-refractivity contribution in [3.05, 3.63) is 36.2 Å². The van der Waals surface area contributed by atoms with Gasteiger partial charge in [-0.05, 0) is 36.6 Å². The third kappa shape index (κ3) is 2.31. The largest absolute Gasteiger partial charge is 0.396 e. The lowest BCUT2D eigenvalue weighted by molar-refractivity contribution is 0.224. The van der Waals surface area contributed by atoms with Crippen molar-refractivity contribution in [2.45, 2.75) is 13.3 Å². The highest BCUT2D eigenvalue weighted by Gasteiger charge is 2.23. The fraction of sp³-hybridized carbons (Fsp3) is 0.438. The number of benzene rings is 1. The molecule has 4 heteroatoms. The average Bonchev–Trinajstić information content (AvgIpc) is 2.92. The summed E-state index contributed by atoms with van der Waals surface area (Å²) in [5, 5.41) is 13.7. The zero-order valence-corrected chi connectivity index (χ0v) is 12.1. The van der Waals surface area contributed by atoms with Crippen molar-refractivity contribution < 1.29 is 5.11 Å². The molecule has 2 aromatic rings. The lowest BCUT2D eigenvalue weighted by Gasteiger charge is -2.35. The van der Waals surface area contributed by atoms with Gasteiger partial charge in [-0.15, -0.1) is 0 Å². The van der Waals surface area contributed by atoms with Gasteiger partial charge in [0.15, 0.2) is 0 Å². The second kappa shape index (κ2) is 5.29. The van der Waals surface area contributed by atoms with Crippen LogP contribution < -0.4 is 4.90 Å². The standard InChI is InChI=1S/C16H21N3O/c1-3-19-9-12(11-20)6-14-7-13(4-5-16(14)19)15-8-17-18(2)10-15/h4-5,7-8,10,12,20H,3,6,9,11H2,1-2H3/t12-/m0/s1. The highest BCUT2D eigenvalue weighted by molar-refractivity contribution is 5.69. The Morgan fingerprint density at radius 1 is 1.35 bits per heavy atom. The number of hydrogen-bond donors (Lipinski definition) is 1. The molecule has 0 saturated carbocycles. The lowest BCUT2D eigenvalue weighted by Crippen LogP contribution is -2.36. The molecule has 0 aliphatic carbocycles. The van der Waals surface area contributed by atoms with Crippen LogP contribution in [-0.4, -0.2) is 34.6 Å². The molecule has 1 aliphatic rings. The van der Waals surface area contributed by atoms with Crippen molar-refractivity contribution in [1.29, 1.82) is 0 Å². The Kier molecular flexibility index (Phi) is 3.49. The van der Waals surface area contributed by atoms with Crippen LogP contribution in [0.15, 0.2) is 30.6 Å². The summed E-state index contributed by atoms with van der Waals surface area (Å²) in [5.74, 6) is 0.339. The van der Waals surface area contributed by atoms with Gasteiger partial charge in [-0.25, -0.2) is 0 Å². The molecule has 1 atom stereocenters. The molecule has 0 saturated heterocycles. The Bertz CT molecular complexity index is 606. The van der Waals surface area contributed by atoms with Gasteiger partial charge in [-0.3, -0.25) is 4.68 Å². The lowest BCUT2D eigenvalue weighted by atomic mass is 9.91. The molecule has 1 aliphatic heterocycles. The van der Waals surface area contributed by atoms with Gasteiger partial charge in [0.2, 0.25) is 0 Å². The summed E-state index contributed by atoms with van der Waals surface area (Å²) >= 11 is 0. The number of anilines is 1. The Hall–Kier alpha value is -1.81. The van der Waals surface area contributed by atoms with E-state index in [1.807, 2.05) is 24.1 Å².